The molecule has 3 rings (SSSR count). The molecule has 1 unspecified atom stereocenters. The molecule has 4 heteroatoms. The Labute approximate surface area is 140 Å². The predicted octanol–water partition coefficient (Wildman–Crippen LogP) is 2.56. The summed E-state index contributed by atoms with van der Waals surface area (Å²) in [4.78, 5) is 11.8. The summed E-state index contributed by atoms with van der Waals surface area (Å²) >= 11 is 0. The molecular formula is C20H20N2O2. The molecule has 4 nitrogen and oxygen atoms in total. The number of aromatic nitrogens is 1. The highest BCUT2D eigenvalue weighted by atomic mass is 16.3. The maximum absolute atomic E-state index is 11.8. The molecule has 0 amide bonds. The van der Waals surface area contributed by atoms with E-state index in [1.807, 2.05) is 54.6 Å². The van der Waals surface area contributed by atoms with Crippen LogP contribution in [0, 0.1) is 0 Å². The van der Waals surface area contributed by atoms with E-state index in [2.05, 4.69) is 0 Å². The van der Waals surface area contributed by atoms with Crippen LogP contribution in [0.5, 0.6) is 0 Å². The van der Waals surface area contributed by atoms with E-state index in [-0.39, 0.29) is 18.2 Å². The normalized spacial score (nSPS) is 12.1. The third-order valence-corrected chi connectivity index (χ3v) is 4.05. The highest BCUT2D eigenvalue weighted by Crippen LogP contribution is 2.23. The number of aliphatic hydroxyl groups is 1. The SMILES string of the molecule is NC(CO)c1cccc(-c2ccc(Cn3ccccc3=O)cc2)c1. The van der Waals surface area contributed by atoms with E-state index in [0.29, 0.717) is 6.54 Å². The van der Waals surface area contributed by atoms with Crippen molar-refractivity contribution in [1.82, 2.24) is 4.57 Å². The second-order valence-electron chi connectivity index (χ2n) is 5.78. The minimum atomic E-state index is -0.367. The van der Waals surface area contributed by atoms with Crippen LogP contribution in [0.2, 0.25) is 0 Å². The van der Waals surface area contributed by atoms with Gasteiger partial charge in [0.15, 0.2) is 0 Å². The second kappa shape index (κ2) is 7.25. The lowest BCUT2D eigenvalue weighted by Crippen LogP contribution is -2.18. The average Bonchev–Trinajstić information content (AvgIpc) is 2.64. The van der Waals surface area contributed by atoms with Crippen molar-refractivity contribution in [2.24, 2.45) is 5.73 Å². The number of aliphatic hydroxyl groups excluding tert-OH is 1. The van der Waals surface area contributed by atoms with Crippen LogP contribution >= 0.6 is 0 Å². The number of rotatable bonds is 5. The quantitative estimate of drug-likeness (QED) is 0.759. The van der Waals surface area contributed by atoms with Gasteiger partial charge >= 0.3 is 0 Å². The van der Waals surface area contributed by atoms with Gasteiger partial charge in [-0.2, -0.15) is 0 Å². The van der Waals surface area contributed by atoms with Gasteiger partial charge in [-0.3, -0.25) is 4.79 Å². The average molecular weight is 320 g/mol. The molecule has 0 fully saturated rings. The third-order valence-electron chi connectivity index (χ3n) is 4.05. The molecule has 0 bridgehead atoms. The predicted molar refractivity (Wildman–Crippen MR) is 95.7 cm³/mol. The molecule has 1 heterocycles. The van der Waals surface area contributed by atoms with Crippen molar-refractivity contribution >= 4 is 0 Å². The number of hydrogen-bond acceptors (Lipinski definition) is 3. The summed E-state index contributed by atoms with van der Waals surface area (Å²) in [6.45, 7) is 0.476. The number of pyridine rings is 1. The molecule has 1 atom stereocenters. The van der Waals surface area contributed by atoms with Crippen LogP contribution in [-0.4, -0.2) is 16.3 Å². The van der Waals surface area contributed by atoms with Crippen molar-refractivity contribution < 1.29 is 5.11 Å². The highest BCUT2D eigenvalue weighted by molar-refractivity contribution is 5.64. The van der Waals surface area contributed by atoms with Crippen molar-refractivity contribution in [2.75, 3.05) is 6.61 Å². The molecule has 0 spiro atoms. The van der Waals surface area contributed by atoms with Crippen LogP contribution in [0.25, 0.3) is 11.1 Å². The Morgan fingerprint density at radius 1 is 0.958 bits per heavy atom. The smallest absolute Gasteiger partial charge is 0.250 e. The van der Waals surface area contributed by atoms with Gasteiger partial charge in [-0.1, -0.05) is 48.5 Å². The van der Waals surface area contributed by atoms with Crippen molar-refractivity contribution in [2.45, 2.75) is 12.6 Å². The van der Waals surface area contributed by atoms with Gasteiger partial charge in [0.1, 0.15) is 0 Å². The monoisotopic (exact) mass is 320 g/mol. The maximum atomic E-state index is 11.8. The van der Waals surface area contributed by atoms with E-state index in [9.17, 15) is 9.90 Å². The minimum Gasteiger partial charge on any atom is -0.394 e. The largest absolute Gasteiger partial charge is 0.394 e. The zero-order valence-corrected chi connectivity index (χ0v) is 13.3. The summed E-state index contributed by atoms with van der Waals surface area (Å²) in [6.07, 6.45) is 1.79. The first-order valence-corrected chi connectivity index (χ1v) is 7.88. The number of hydrogen-bond donors (Lipinski definition) is 2. The van der Waals surface area contributed by atoms with Crippen molar-refractivity contribution in [3.8, 4) is 11.1 Å². The number of nitrogens with zero attached hydrogens (tertiary/aromatic N) is 1. The molecule has 3 N–H and O–H groups in total. The van der Waals surface area contributed by atoms with E-state index in [0.717, 1.165) is 22.3 Å². The molecule has 0 aliphatic carbocycles. The molecule has 0 saturated carbocycles. The Bertz CT molecular complexity index is 869. The Morgan fingerprint density at radius 2 is 1.75 bits per heavy atom. The summed E-state index contributed by atoms with van der Waals surface area (Å²) in [7, 11) is 0. The summed E-state index contributed by atoms with van der Waals surface area (Å²) < 4.78 is 1.68. The van der Waals surface area contributed by atoms with Crippen LogP contribution in [0.3, 0.4) is 0 Å². The summed E-state index contributed by atoms with van der Waals surface area (Å²) in [6, 6.07) is 20.8. The van der Waals surface area contributed by atoms with Crippen LogP contribution in [-0.2, 0) is 6.54 Å². The lowest BCUT2D eigenvalue weighted by molar-refractivity contribution is 0.268. The first kappa shape index (κ1) is 16.2. The van der Waals surface area contributed by atoms with Crippen LogP contribution in [0.15, 0.2) is 77.7 Å². The summed E-state index contributed by atoms with van der Waals surface area (Å²) in [5.41, 5.74) is 9.98. The summed E-state index contributed by atoms with van der Waals surface area (Å²) in [5.74, 6) is 0. The Hall–Kier alpha value is -2.69. The van der Waals surface area contributed by atoms with Gasteiger partial charge in [0.2, 0.25) is 0 Å². The minimum absolute atomic E-state index is 0.00716. The van der Waals surface area contributed by atoms with Crippen molar-refractivity contribution in [3.05, 3.63) is 94.4 Å². The van der Waals surface area contributed by atoms with E-state index in [1.54, 1.807) is 22.9 Å². The van der Waals surface area contributed by atoms with Crippen LogP contribution in [0.1, 0.15) is 17.2 Å². The molecule has 122 valence electrons. The fourth-order valence-electron chi connectivity index (χ4n) is 2.64. The molecular weight excluding hydrogens is 300 g/mol. The van der Waals surface area contributed by atoms with Crippen LogP contribution in [0.4, 0.5) is 0 Å². The number of benzene rings is 2. The molecule has 1 aromatic heterocycles. The molecule has 2 aromatic carbocycles. The zero-order valence-electron chi connectivity index (χ0n) is 13.3. The lowest BCUT2D eigenvalue weighted by Gasteiger charge is -2.11. The van der Waals surface area contributed by atoms with Gasteiger partial charge < -0.3 is 15.4 Å². The molecule has 3 aromatic rings. The zero-order chi connectivity index (χ0) is 16.9. The lowest BCUT2D eigenvalue weighted by atomic mass is 9.99. The molecule has 24 heavy (non-hydrogen) atoms. The Morgan fingerprint density at radius 3 is 2.46 bits per heavy atom. The first-order chi connectivity index (χ1) is 11.7. The van der Waals surface area contributed by atoms with E-state index in [4.69, 9.17) is 5.73 Å². The highest BCUT2D eigenvalue weighted by Gasteiger charge is 2.06. The van der Waals surface area contributed by atoms with Gasteiger partial charge in [-0.05, 0) is 34.4 Å². The Kier molecular flexibility index (Phi) is 4.89. The van der Waals surface area contributed by atoms with Gasteiger partial charge in [-0.25, -0.2) is 0 Å². The van der Waals surface area contributed by atoms with Gasteiger partial charge in [0, 0.05) is 12.3 Å². The van der Waals surface area contributed by atoms with E-state index in [1.165, 1.54) is 0 Å². The van der Waals surface area contributed by atoms with Gasteiger partial charge in [-0.15, -0.1) is 0 Å². The fourth-order valence-corrected chi connectivity index (χ4v) is 2.64. The number of nitrogens with two attached hydrogens (primary N) is 1. The van der Waals surface area contributed by atoms with Gasteiger partial charge in [0.25, 0.3) is 5.56 Å². The Balaban J connectivity index is 1.82. The molecule has 0 saturated heterocycles. The third kappa shape index (κ3) is 3.62. The van der Waals surface area contributed by atoms with Gasteiger partial charge in [0.05, 0.1) is 19.2 Å². The van der Waals surface area contributed by atoms with E-state index >= 15 is 0 Å². The fraction of sp³-hybridized carbons (Fsp3) is 0.150. The topological polar surface area (TPSA) is 68.2 Å². The maximum Gasteiger partial charge on any atom is 0.250 e. The van der Waals surface area contributed by atoms with Crippen molar-refractivity contribution in [1.29, 1.82) is 0 Å². The van der Waals surface area contributed by atoms with E-state index < -0.39 is 0 Å². The standard InChI is InChI=1S/C20H20N2O2/c21-19(14-23)18-5-3-4-17(12-18)16-9-7-15(8-10-16)13-22-11-2-1-6-20(22)24/h1-12,19,23H,13-14,21H2. The first-order valence-electron chi connectivity index (χ1n) is 7.88. The summed E-state index contributed by atoms with van der Waals surface area (Å²) in [5, 5.41) is 9.20. The second-order valence-corrected chi connectivity index (χ2v) is 5.78. The molecule has 0 aliphatic heterocycles. The van der Waals surface area contributed by atoms with Crippen molar-refractivity contribution in [3.63, 3.8) is 0 Å². The molecule has 0 aliphatic rings. The molecule has 0 radical (unpaired) electrons. The van der Waals surface area contributed by atoms with Crippen LogP contribution < -0.4 is 11.3 Å².